The normalized spacial score (nSPS) is 22.2. The summed E-state index contributed by atoms with van der Waals surface area (Å²) in [6.45, 7) is 7.17. The van der Waals surface area contributed by atoms with E-state index in [-0.39, 0.29) is 24.3 Å². The number of rotatable bonds is 5. The van der Waals surface area contributed by atoms with Crippen LogP contribution in [0.3, 0.4) is 0 Å². The van der Waals surface area contributed by atoms with Crippen LogP contribution in [0.5, 0.6) is 0 Å². The number of carbonyl (C=O) groups excluding carboxylic acids is 2. The van der Waals surface area contributed by atoms with E-state index in [1.165, 1.54) is 0 Å². The average molecular weight is 426 g/mol. The van der Waals surface area contributed by atoms with Crippen molar-refractivity contribution in [3.63, 3.8) is 0 Å². The van der Waals surface area contributed by atoms with E-state index in [1.807, 2.05) is 61.2 Å². The van der Waals surface area contributed by atoms with Gasteiger partial charge in [0.25, 0.3) is 5.91 Å². The topological polar surface area (TPSA) is 66.6 Å². The van der Waals surface area contributed by atoms with Gasteiger partial charge in [-0.3, -0.25) is 14.5 Å². The van der Waals surface area contributed by atoms with Gasteiger partial charge in [0.15, 0.2) is 0 Å². The SMILES string of the molecule is Cc1ccc(C(CC(N)=O)N2CC3CN(C(=O)c4ccccc4C)CC3C2)cc1Cl. The van der Waals surface area contributed by atoms with Gasteiger partial charge in [-0.2, -0.15) is 0 Å². The fraction of sp³-hybridized carbons (Fsp3) is 0.417. The average Bonchev–Trinajstić information content (AvgIpc) is 3.27. The Balaban J connectivity index is 1.47. The first-order valence-corrected chi connectivity index (χ1v) is 10.8. The third-order valence-corrected chi connectivity index (χ3v) is 7.00. The molecule has 158 valence electrons. The Kier molecular flexibility index (Phi) is 5.85. The van der Waals surface area contributed by atoms with Crippen molar-refractivity contribution in [2.45, 2.75) is 26.3 Å². The summed E-state index contributed by atoms with van der Waals surface area (Å²) in [5, 5.41) is 0.705. The van der Waals surface area contributed by atoms with E-state index in [9.17, 15) is 9.59 Å². The number of amides is 2. The first kappa shape index (κ1) is 20.9. The highest BCUT2D eigenvalue weighted by Gasteiger charge is 2.44. The second-order valence-electron chi connectivity index (χ2n) is 8.69. The number of carbonyl (C=O) groups is 2. The molecule has 2 fully saturated rings. The van der Waals surface area contributed by atoms with E-state index in [2.05, 4.69) is 4.90 Å². The number of nitrogens with zero attached hydrogens (tertiary/aromatic N) is 2. The fourth-order valence-corrected chi connectivity index (χ4v) is 5.09. The quantitative estimate of drug-likeness (QED) is 0.796. The second kappa shape index (κ2) is 8.40. The minimum absolute atomic E-state index is 0.0771. The molecule has 3 atom stereocenters. The van der Waals surface area contributed by atoms with Crippen molar-refractivity contribution >= 4 is 23.4 Å². The lowest BCUT2D eigenvalue weighted by atomic mass is 10.0. The monoisotopic (exact) mass is 425 g/mol. The molecule has 5 nitrogen and oxygen atoms in total. The van der Waals surface area contributed by atoms with E-state index in [1.54, 1.807) is 0 Å². The Morgan fingerprint density at radius 2 is 1.70 bits per heavy atom. The molecule has 0 spiro atoms. The lowest BCUT2D eigenvalue weighted by molar-refractivity contribution is -0.119. The van der Waals surface area contributed by atoms with Crippen molar-refractivity contribution in [1.82, 2.24) is 9.80 Å². The van der Waals surface area contributed by atoms with E-state index in [0.717, 1.165) is 48.4 Å². The fourth-order valence-electron chi connectivity index (χ4n) is 4.90. The molecule has 0 aliphatic carbocycles. The van der Waals surface area contributed by atoms with Crippen LogP contribution in [0.25, 0.3) is 0 Å². The summed E-state index contributed by atoms with van der Waals surface area (Å²) in [5.41, 5.74) is 9.41. The molecule has 3 unspecified atom stereocenters. The predicted molar refractivity (Wildman–Crippen MR) is 118 cm³/mol. The Morgan fingerprint density at radius 3 is 2.30 bits per heavy atom. The number of primary amides is 1. The van der Waals surface area contributed by atoms with E-state index in [4.69, 9.17) is 17.3 Å². The molecule has 2 aliphatic rings. The lowest BCUT2D eigenvalue weighted by Crippen LogP contribution is -2.36. The number of likely N-dealkylation sites (tertiary alicyclic amines) is 2. The Bertz CT molecular complexity index is 963. The van der Waals surface area contributed by atoms with Gasteiger partial charge < -0.3 is 10.6 Å². The third-order valence-electron chi connectivity index (χ3n) is 6.59. The molecule has 2 heterocycles. The molecule has 2 amide bonds. The lowest BCUT2D eigenvalue weighted by Gasteiger charge is -2.29. The summed E-state index contributed by atoms with van der Waals surface area (Å²) in [6.07, 6.45) is 0.269. The van der Waals surface area contributed by atoms with E-state index >= 15 is 0 Å². The van der Waals surface area contributed by atoms with Gasteiger partial charge in [-0.05, 0) is 54.5 Å². The van der Waals surface area contributed by atoms with Crippen LogP contribution in [0.15, 0.2) is 42.5 Å². The number of hydrogen-bond acceptors (Lipinski definition) is 3. The zero-order valence-electron chi connectivity index (χ0n) is 17.5. The molecule has 2 aliphatic heterocycles. The first-order chi connectivity index (χ1) is 14.3. The number of hydrogen-bond donors (Lipinski definition) is 1. The molecule has 2 aromatic rings. The third kappa shape index (κ3) is 4.09. The van der Waals surface area contributed by atoms with E-state index in [0.29, 0.717) is 16.9 Å². The molecule has 4 rings (SSSR count). The van der Waals surface area contributed by atoms with Crippen LogP contribution < -0.4 is 5.73 Å². The maximum atomic E-state index is 13.0. The molecule has 0 saturated carbocycles. The van der Waals surface area contributed by atoms with Crippen molar-refractivity contribution in [1.29, 1.82) is 0 Å². The summed E-state index contributed by atoms with van der Waals surface area (Å²) in [5.74, 6) is 0.627. The van der Waals surface area contributed by atoms with Crippen LogP contribution >= 0.6 is 11.6 Å². The Morgan fingerprint density at radius 1 is 1.03 bits per heavy atom. The number of halogens is 1. The maximum Gasteiger partial charge on any atom is 0.254 e. The van der Waals surface area contributed by atoms with Crippen LogP contribution in [0.1, 0.15) is 39.5 Å². The molecule has 2 saturated heterocycles. The van der Waals surface area contributed by atoms with E-state index < -0.39 is 0 Å². The van der Waals surface area contributed by atoms with Gasteiger partial charge in [-0.1, -0.05) is 41.9 Å². The molecule has 0 bridgehead atoms. The van der Waals surface area contributed by atoms with Gasteiger partial charge in [0.1, 0.15) is 0 Å². The zero-order valence-corrected chi connectivity index (χ0v) is 18.2. The largest absolute Gasteiger partial charge is 0.370 e. The van der Waals surface area contributed by atoms with Gasteiger partial charge in [0, 0.05) is 49.2 Å². The van der Waals surface area contributed by atoms with Gasteiger partial charge in [-0.15, -0.1) is 0 Å². The van der Waals surface area contributed by atoms with Crippen LogP contribution in [-0.2, 0) is 4.79 Å². The predicted octanol–water partition coefficient (Wildman–Crippen LogP) is 3.58. The number of fused-ring (bicyclic) bond motifs is 1. The molecule has 0 radical (unpaired) electrons. The Hall–Kier alpha value is -2.37. The second-order valence-corrected chi connectivity index (χ2v) is 9.10. The summed E-state index contributed by atoms with van der Waals surface area (Å²) >= 11 is 6.34. The molecule has 2 aromatic carbocycles. The highest BCUT2D eigenvalue weighted by molar-refractivity contribution is 6.31. The zero-order chi connectivity index (χ0) is 21.4. The molecule has 2 N–H and O–H groups in total. The maximum absolute atomic E-state index is 13.0. The molecular formula is C24H28ClN3O2. The number of benzene rings is 2. The van der Waals surface area contributed by atoms with Gasteiger partial charge in [-0.25, -0.2) is 0 Å². The highest BCUT2D eigenvalue weighted by atomic mass is 35.5. The molecule has 0 aromatic heterocycles. The van der Waals surface area contributed by atoms with Crippen molar-refractivity contribution in [2.75, 3.05) is 26.2 Å². The molecule has 30 heavy (non-hydrogen) atoms. The van der Waals surface area contributed by atoms with Crippen LogP contribution in [-0.4, -0.2) is 47.8 Å². The van der Waals surface area contributed by atoms with Crippen LogP contribution in [0, 0.1) is 25.7 Å². The Labute approximate surface area is 182 Å². The minimum atomic E-state index is -0.315. The van der Waals surface area contributed by atoms with Crippen molar-refractivity contribution in [2.24, 2.45) is 17.6 Å². The molecule has 6 heteroatoms. The number of aryl methyl sites for hydroxylation is 2. The highest BCUT2D eigenvalue weighted by Crippen LogP contribution is 2.38. The smallest absolute Gasteiger partial charge is 0.254 e. The van der Waals surface area contributed by atoms with Crippen molar-refractivity contribution in [3.05, 3.63) is 69.7 Å². The summed E-state index contributed by atoms with van der Waals surface area (Å²) in [7, 11) is 0. The molecular weight excluding hydrogens is 398 g/mol. The van der Waals surface area contributed by atoms with Gasteiger partial charge in [0.2, 0.25) is 5.91 Å². The summed E-state index contributed by atoms with van der Waals surface area (Å²) in [4.78, 5) is 29.1. The van der Waals surface area contributed by atoms with Crippen LogP contribution in [0.4, 0.5) is 0 Å². The number of nitrogens with two attached hydrogens (primary N) is 1. The van der Waals surface area contributed by atoms with Crippen molar-refractivity contribution < 1.29 is 9.59 Å². The van der Waals surface area contributed by atoms with Crippen LogP contribution in [0.2, 0.25) is 5.02 Å². The van der Waals surface area contributed by atoms with Gasteiger partial charge >= 0.3 is 0 Å². The summed E-state index contributed by atoms with van der Waals surface area (Å²) < 4.78 is 0. The van der Waals surface area contributed by atoms with Gasteiger partial charge in [0.05, 0.1) is 0 Å². The summed E-state index contributed by atoms with van der Waals surface area (Å²) in [6, 6.07) is 13.7. The standard InChI is InChI=1S/C24H28ClN3O2/c1-15-5-3-4-6-20(15)24(30)28-13-18-11-27(12-19(18)14-28)22(10-23(26)29)17-8-7-16(2)21(25)9-17/h3-9,18-19,22H,10-14H2,1-2H3,(H2,26,29). The minimum Gasteiger partial charge on any atom is -0.370 e. The first-order valence-electron chi connectivity index (χ1n) is 10.5. The van der Waals surface area contributed by atoms with Crippen molar-refractivity contribution in [3.8, 4) is 0 Å².